The van der Waals surface area contributed by atoms with Crippen molar-refractivity contribution in [2.75, 3.05) is 0 Å². The zero-order valence-electron chi connectivity index (χ0n) is 6.26. The zero-order chi connectivity index (χ0) is 7.56. The Morgan fingerprint density at radius 2 is 2.10 bits per heavy atom. The van der Waals surface area contributed by atoms with Gasteiger partial charge >= 0.3 is 0 Å². The third-order valence-corrected chi connectivity index (χ3v) is 1.46. The lowest BCUT2D eigenvalue weighted by molar-refractivity contribution is 0.474. The lowest BCUT2D eigenvalue weighted by atomic mass is 10.0. The van der Waals surface area contributed by atoms with Crippen LogP contribution in [0.4, 0.5) is 0 Å². The van der Waals surface area contributed by atoms with Gasteiger partial charge in [0.1, 0.15) is 5.75 Å². The van der Waals surface area contributed by atoms with Crippen LogP contribution in [0, 0.1) is 6.07 Å². The minimum Gasteiger partial charge on any atom is -0.508 e. The molecule has 1 rings (SSSR count). The Balaban J connectivity index is 2.96. The summed E-state index contributed by atoms with van der Waals surface area (Å²) in [5.74, 6) is 0.759. The molecule has 10 heavy (non-hydrogen) atoms. The van der Waals surface area contributed by atoms with Crippen LogP contribution in [-0.4, -0.2) is 5.11 Å². The lowest BCUT2D eigenvalue weighted by Gasteiger charge is -2.03. The van der Waals surface area contributed by atoms with E-state index in [1.807, 2.05) is 6.07 Å². The maximum atomic E-state index is 9.03. The third kappa shape index (κ3) is 1.50. The molecule has 53 valence electrons. The summed E-state index contributed by atoms with van der Waals surface area (Å²) >= 11 is 0. The first-order chi connectivity index (χ1) is 4.70. The van der Waals surface area contributed by atoms with Gasteiger partial charge in [-0.05, 0) is 29.7 Å². The highest BCUT2D eigenvalue weighted by Crippen LogP contribution is 2.17. The monoisotopic (exact) mass is 135 g/mol. The fourth-order valence-corrected chi connectivity index (χ4v) is 0.811. The zero-order valence-corrected chi connectivity index (χ0v) is 6.26. The van der Waals surface area contributed by atoms with Gasteiger partial charge in [0.25, 0.3) is 0 Å². The van der Waals surface area contributed by atoms with Crippen LogP contribution < -0.4 is 0 Å². The molecule has 0 aliphatic rings. The largest absolute Gasteiger partial charge is 0.508 e. The molecule has 0 fully saturated rings. The third-order valence-electron chi connectivity index (χ3n) is 1.46. The molecular formula is C9H11O. The van der Waals surface area contributed by atoms with Crippen molar-refractivity contribution in [3.63, 3.8) is 0 Å². The molecule has 0 aliphatic heterocycles. The minimum atomic E-state index is 0.297. The van der Waals surface area contributed by atoms with Crippen molar-refractivity contribution < 1.29 is 5.11 Å². The summed E-state index contributed by atoms with van der Waals surface area (Å²) in [6, 6.07) is 8.08. The second-order valence-electron chi connectivity index (χ2n) is 2.68. The van der Waals surface area contributed by atoms with Gasteiger partial charge in [-0.15, -0.1) is 0 Å². The topological polar surface area (TPSA) is 20.2 Å². The summed E-state index contributed by atoms with van der Waals surface area (Å²) in [4.78, 5) is 0. The molecule has 1 nitrogen and oxygen atoms in total. The van der Waals surface area contributed by atoms with Gasteiger partial charge in [0.15, 0.2) is 0 Å². The van der Waals surface area contributed by atoms with Crippen LogP contribution in [0.15, 0.2) is 18.2 Å². The summed E-state index contributed by atoms with van der Waals surface area (Å²) in [6.45, 7) is 4.17. The van der Waals surface area contributed by atoms with E-state index in [9.17, 15) is 0 Å². The number of rotatable bonds is 1. The van der Waals surface area contributed by atoms with E-state index in [4.69, 9.17) is 5.11 Å². The minimum absolute atomic E-state index is 0.297. The van der Waals surface area contributed by atoms with Crippen molar-refractivity contribution in [1.82, 2.24) is 0 Å². The number of aromatic hydroxyl groups is 1. The predicted octanol–water partition coefficient (Wildman–Crippen LogP) is 2.32. The van der Waals surface area contributed by atoms with Crippen molar-refractivity contribution in [2.24, 2.45) is 0 Å². The second kappa shape index (κ2) is 2.74. The molecule has 0 spiro atoms. The molecule has 1 aromatic rings. The lowest BCUT2D eigenvalue weighted by Crippen LogP contribution is -1.84. The molecular weight excluding hydrogens is 124 g/mol. The summed E-state index contributed by atoms with van der Waals surface area (Å²) in [5, 5.41) is 9.03. The van der Waals surface area contributed by atoms with Crippen LogP contribution in [0.3, 0.4) is 0 Å². The Labute approximate surface area is 61.3 Å². The first-order valence-electron chi connectivity index (χ1n) is 3.40. The molecule has 0 saturated heterocycles. The van der Waals surface area contributed by atoms with Crippen LogP contribution in [0.2, 0.25) is 0 Å². The highest BCUT2D eigenvalue weighted by Gasteiger charge is 1.97. The summed E-state index contributed by atoms with van der Waals surface area (Å²) in [7, 11) is 0. The Morgan fingerprint density at radius 1 is 1.40 bits per heavy atom. The standard InChI is InChI=1S/C9H11O/c1-7(2)8-4-3-5-9(10)6-8/h4-7,10H,1-2H3. The summed E-state index contributed by atoms with van der Waals surface area (Å²) in [6.07, 6.45) is 0. The molecule has 0 unspecified atom stereocenters. The van der Waals surface area contributed by atoms with Crippen LogP contribution in [-0.2, 0) is 0 Å². The van der Waals surface area contributed by atoms with Gasteiger partial charge in [-0.3, -0.25) is 0 Å². The number of phenolic OH excluding ortho intramolecular Hbond substituents is 1. The maximum absolute atomic E-state index is 9.03. The molecule has 1 N–H and O–H groups in total. The van der Waals surface area contributed by atoms with E-state index in [1.54, 1.807) is 12.1 Å². The quantitative estimate of drug-likeness (QED) is 0.626. The highest BCUT2D eigenvalue weighted by atomic mass is 16.3. The van der Waals surface area contributed by atoms with Crippen molar-refractivity contribution >= 4 is 0 Å². The Hall–Kier alpha value is -0.980. The first kappa shape index (κ1) is 7.13. The molecule has 1 radical (unpaired) electrons. The van der Waals surface area contributed by atoms with Crippen LogP contribution in [0.25, 0.3) is 0 Å². The molecule has 0 heterocycles. The van der Waals surface area contributed by atoms with E-state index in [1.165, 1.54) is 0 Å². The van der Waals surface area contributed by atoms with E-state index >= 15 is 0 Å². The van der Waals surface area contributed by atoms with Gasteiger partial charge in [-0.1, -0.05) is 19.9 Å². The van der Waals surface area contributed by atoms with Crippen molar-refractivity contribution in [1.29, 1.82) is 0 Å². The SMILES string of the molecule is CC(C)c1c[c]cc(O)c1. The molecule has 1 aromatic carbocycles. The van der Waals surface area contributed by atoms with Gasteiger partial charge in [0.2, 0.25) is 0 Å². The van der Waals surface area contributed by atoms with Crippen LogP contribution in [0.1, 0.15) is 25.3 Å². The van der Waals surface area contributed by atoms with E-state index in [-0.39, 0.29) is 0 Å². The Kier molecular flexibility index (Phi) is 1.95. The van der Waals surface area contributed by atoms with E-state index in [0.29, 0.717) is 11.7 Å². The molecule has 0 aromatic heterocycles. The average molecular weight is 135 g/mol. The average Bonchev–Trinajstić information content (AvgIpc) is 1.88. The summed E-state index contributed by atoms with van der Waals surface area (Å²) < 4.78 is 0. The Morgan fingerprint density at radius 3 is 2.50 bits per heavy atom. The van der Waals surface area contributed by atoms with E-state index in [2.05, 4.69) is 19.9 Å². The van der Waals surface area contributed by atoms with Gasteiger partial charge in [-0.2, -0.15) is 0 Å². The number of benzene rings is 1. The van der Waals surface area contributed by atoms with Crippen LogP contribution in [0.5, 0.6) is 5.75 Å². The number of phenols is 1. The van der Waals surface area contributed by atoms with Crippen molar-refractivity contribution in [3.8, 4) is 5.75 Å². The molecule has 0 saturated carbocycles. The molecule has 0 bridgehead atoms. The van der Waals surface area contributed by atoms with Crippen molar-refractivity contribution in [3.05, 3.63) is 29.8 Å². The maximum Gasteiger partial charge on any atom is 0.116 e. The number of hydrogen-bond acceptors (Lipinski definition) is 1. The smallest absolute Gasteiger partial charge is 0.116 e. The highest BCUT2D eigenvalue weighted by molar-refractivity contribution is 5.28. The van der Waals surface area contributed by atoms with Crippen molar-refractivity contribution in [2.45, 2.75) is 19.8 Å². The fourth-order valence-electron chi connectivity index (χ4n) is 0.811. The molecule has 1 heteroatoms. The predicted molar refractivity (Wildman–Crippen MR) is 41.0 cm³/mol. The van der Waals surface area contributed by atoms with Gasteiger partial charge in [0.05, 0.1) is 0 Å². The molecule has 0 amide bonds. The second-order valence-corrected chi connectivity index (χ2v) is 2.68. The Bertz CT molecular complexity index is 216. The molecule has 0 atom stereocenters. The van der Waals surface area contributed by atoms with Gasteiger partial charge in [-0.25, -0.2) is 0 Å². The van der Waals surface area contributed by atoms with Gasteiger partial charge in [0, 0.05) is 0 Å². The summed E-state index contributed by atoms with van der Waals surface area (Å²) in [5.41, 5.74) is 1.13. The number of hydrogen-bond donors (Lipinski definition) is 1. The van der Waals surface area contributed by atoms with E-state index < -0.39 is 0 Å². The van der Waals surface area contributed by atoms with Crippen LogP contribution >= 0.6 is 0 Å². The normalized spacial score (nSPS) is 10.3. The van der Waals surface area contributed by atoms with Gasteiger partial charge < -0.3 is 5.11 Å². The fraction of sp³-hybridized carbons (Fsp3) is 0.333. The first-order valence-corrected chi connectivity index (χ1v) is 3.40. The molecule has 0 aliphatic carbocycles. The van der Waals surface area contributed by atoms with E-state index in [0.717, 1.165) is 5.56 Å².